The molecule has 26 heavy (non-hydrogen) atoms. The van der Waals surface area contributed by atoms with Crippen LogP contribution in [0.25, 0.3) is 0 Å². The molecule has 0 aliphatic carbocycles. The molecule has 0 saturated carbocycles. The van der Waals surface area contributed by atoms with Crippen LogP contribution in [0.3, 0.4) is 0 Å². The molecule has 0 bridgehead atoms. The fourth-order valence-corrected chi connectivity index (χ4v) is 3.20. The molecule has 0 amide bonds. The minimum atomic E-state index is 0. The zero-order chi connectivity index (χ0) is 17.5. The third kappa shape index (κ3) is 5.90. The van der Waals surface area contributed by atoms with Crippen LogP contribution in [-0.2, 0) is 13.0 Å². The van der Waals surface area contributed by atoms with Crippen molar-refractivity contribution >= 4 is 41.7 Å². The quantitative estimate of drug-likeness (QED) is 0.269. The maximum absolute atomic E-state index is 5.39. The summed E-state index contributed by atoms with van der Waals surface area (Å²) in [6.45, 7) is 4.45. The number of nitrogens with zero attached hydrogens (tertiary/aromatic N) is 4. The molecule has 0 spiro atoms. The van der Waals surface area contributed by atoms with Gasteiger partial charge in [0.2, 0.25) is 0 Å². The van der Waals surface area contributed by atoms with Crippen molar-refractivity contribution < 1.29 is 4.42 Å². The molecule has 1 aliphatic rings. The summed E-state index contributed by atoms with van der Waals surface area (Å²) in [5.74, 6) is 4.65. The van der Waals surface area contributed by atoms with Crippen LogP contribution in [0.5, 0.6) is 0 Å². The van der Waals surface area contributed by atoms with Gasteiger partial charge in [-0.25, -0.2) is 9.67 Å². The first-order valence-corrected chi connectivity index (χ1v) is 10.1. The third-order valence-corrected chi connectivity index (χ3v) is 4.69. The number of thioether (sulfide) groups is 1. The van der Waals surface area contributed by atoms with E-state index in [4.69, 9.17) is 9.41 Å². The highest BCUT2D eigenvalue weighted by Gasteiger charge is 2.24. The Morgan fingerprint density at radius 3 is 3.15 bits per heavy atom. The SMILES string of the molecule is CSCCN=C(NCCc1ccco1)NC1CCCn2nc(C)nc21.I. The molecule has 0 saturated heterocycles. The van der Waals surface area contributed by atoms with E-state index in [1.54, 1.807) is 18.0 Å². The summed E-state index contributed by atoms with van der Waals surface area (Å²) in [7, 11) is 0. The van der Waals surface area contributed by atoms with Gasteiger partial charge in [-0.1, -0.05) is 0 Å². The molecule has 2 aromatic rings. The Balaban J connectivity index is 0.00000243. The summed E-state index contributed by atoms with van der Waals surface area (Å²) in [6.07, 6.45) is 6.77. The monoisotopic (exact) mass is 490 g/mol. The lowest BCUT2D eigenvalue weighted by molar-refractivity contribution is 0.397. The summed E-state index contributed by atoms with van der Waals surface area (Å²) < 4.78 is 7.40. The van der Waals surface area contributed by atoms with Crippen LogP contribution in [0.4, 0.5) is 0 Å². The van der Waals surface area contributed by atoms with E-state index in [2.05, 4.69) is 27.0 Å². The van der Waals surface area contributed by atoms with E-state index in [9.17, 15) is 0 Å². The van der Waals surface area contributed by atoms with E-state index in [0.29, 0.717) is 0 Å². The van der Waals surface area contributed by atoms with Crippen LogP contribution in [0.1, 0.15) is 36.3 Å². The second kappa shape index (κ2) is 10.8. The number of guanidine groups is 1. The number of aromatic nitrogens is 3. The van der Waals surface area contributed by atoms with E-state index in [1.807, 2.05) is 23.7 Å². The Bertz CT molecular complexity index is 687. The van der Waals surface area contributed by atoms with E-state index in [1.165, 1.54) is 0 Å². The number of nitrogens with one attached hydrogen (secondary N) is 2. The average Bonchev–Trinajstić information content (AvgIpc) is 3.24. The lowest BCUT2D eigenvalue weighted by Gasteiger charge is -2.25. The maximum Gasteiger partial charge on any atom is 0.191 e. The van der Waals surface area contributed by atoms with Gasteiger partial charge in [0.25, 0.3) is 0 Å². The Labute approximate surface area is 175 Å². The smallest absolute Gasteiger partial charge is 0.191 e. The second-order valence-corrected chi connectivity index (χ2v) is 7.04. The molecule has 0 radical (unpaired) electrons. The number of hydrogen-bond acceptors (Lipinski definition) is 5. The van der Waals surface area contributed by atoms with Gasteiger partial charge < -0.3 is 15.1 Å². The molecule has 1 atom stereocenters. The largest absolute Gasteiger partial charge is 0.469 e. The normalized spacial score (nSPS) is 16.7. The number of rotatable bonds is 7. The molecule has 7 nitrogen and oxygen atoms in total. The topological polar surface area (TPSA) is 80.3 Å². The van der Waals surface area contributed by atoms with Crippen molar-refractivity contribution in [2.75, 3.05) is 25.1 Å². The molecule has 2 N–H and O–H groups in total. The Kier molecular flexibility index (Phi) is 8.76. The number of aryl methyl sites for hydroxylation is 2. The van der Waals surface area contributed by atoms with Crippen LogP contribution in [0.2, 0.25) is 0 Å². The molecule has 0 aromatic carbocycles. The van der Waals surface area contributed by atoms with Crippen LogP contribution >= 0.6 is 35.7 Å². The van der Waals surface area contributed by atoms with E-state index in [-0.39, 0.29) is 30.0 Å². The molecule has 1 unspecified atom stereocenters. The first-order chi connectivity index (χ1) is 12.3. The van der Waals surface area contributed by atoms with Gasteiger partial charge in [0.05, 0.1) is 18.8 Å². The summed E-state index contributed by atoms with van der Waals surface area (Å²) >= 11 is 1.80. The van der Waals surface area contributed by atoms with E-state index >= 15 is 0 Å². The number of hydrogen-bond donors (Lipinski definition) is 2. The lowest BCUT2D eigenvalue weighted by atomic mass is 10.1. The first-order valence-electron chi connectivity index (χ1n) is 8.74. The highest BCUT2D eigenvalue weighted by Crippen LogP contribution is 2.22. The summed E-state index contributed by atoms with van der Waals surface area (Å²) in [6, 6.07) is 4.06. The van der Waals surface area contributed by atoms with Crippen LogP contribution in [0, 0.1) is 6.92 Å². The molecule has 2 aromatic heterocycles. The van der Waals surface area contributed by atoms with Gasteiger partial charge >= 0.3 is 0 Å². The van der Waals surface area contributed by atoms with Crippen molar-refractivity contribution in [1.29, 1.82) is 0 Å². The van der Waals surface area contributed by atoms with E-state index < -0.39 is 0 Å². The van der Waals surface area contributed by atoms with Gasteiger partial charge in [0, 0.05) is 25.3 Å². The molecule has 3 heterocycles. The van der Waals surface area contributed by atoms with Gasteiger partial charge in [-0.3, -0.25) is 4.99 Å². The fraction of sp³-hybridized carbons (Fsp3) is 0.588. The Hall–Kier alpha value is -1.23. The van der Waals surface area contributed by atoms with Crippen molar-refractivity contribution in [3.63, 3.8) is 0 Å². The predicted octanol–water partition coefficient (Wildman–Crippen LogP) is 2.77. The van der Waals surface area contributed by atoms with Crippen molar-refractivity contribution in [1.82, 2.24) is 25.4 Å². The molecule has 0 fully saturated rings. The maximum atomic E-state index is 5.39. The van der Waals surface area contributed by atoms with Crippen molar-refractivity contribution in [3.05, 3.63) is 35.8 Å². The molecule has 1 aliphatic heterocycles. The summed E-state index contributed by atoms with van der Waals surface area (Å²) in [5.41, 5.74) is 0. The minimum absolute atomic E-state index is 0. The predicted molar refractivity (Wildman–Crippen MR) is 116 cm³/mol. The zero-order valence-electron chi connectivity index (χ0n) is 15.3. The standard InChI is InChI=1S/C17H26N6OS.HI/c1-13-20-16-15(6-3-10-23(16)22-13)21-17(19-9-12-25-2)18-8-7-14-5-4-11-24-14;/h4-5,11,15H,3,6-10,12H2,1-2H3,(H2,18,19,21);1H. The number of fused-ring (bicyclic) bond motifs is 1. The van der Waals surface area contributed by atoms with Crippen molar-refractivity contribution in [2.45, 2.75) is 38.8 Å². The highest BCUT2D eigenvalue weighted by atomic mass is 127. The minimum Gasteiger partial charge on any atom is -0.469 e. The van der Waals surface area contributed by atoms with Gasteiger partial charge in [0.15, 0.2) is 5.96 Å². The van der Waals surface area contributed by atoms with Gasteiger partial charge in [-0.15, -0.1) is 24.0 Å². The summed E-state index contributed by atoms with van der Waals surface area (Å²) in [4.78, 5) is 9.28. The van der Waals surface area contributed by atoms with E-state index in [0.717, 1.165) is 68.0 Å². The lowest BCUT2D eigenvalue weighted by Crippen LogP contribution is -2.42. The van der Waals surface area contributed by atoms with Crippen LogP contribution < -0.4 is 10.6 Å². The summed E-state index contributed by atoms with van der Waals surface area (Å²) in [5, 5.41) is 11.4. The molecular formula is C17H27IN6OS. The first kappa shape index (κ1) is 21.1. The molecule has 3 rings (SSSR count). The number of furan rings is 1. The van der Waals surface area contributed by atoms with Crippen molar-refractivity contribution in [3.8, 4) is 0 Å². The van der Waals surface area contributed by atoms with Crippen LogP contribution in [0.15, 0.2) is 27.8 Å². The molecule has 9 heteroatoms. The van der Waals surface area contributed by atoms with Crippen LogP contribution in [-0.4, -0.2) is 45.8 Å². The number of aliphatic imine (C=N–C) groups is 1. The zero-order valence-corrected chi connectivity index (χ0v) is 18.4. The fourth-order valence-electron chi connectivity index (χ4n) is 2.93. The third-order valence-electron chi connectivity index (χ3n) is 4.10. The Morgan fingerprint density at radius 2 is 2.38 bits per heavy atom. The van der Waals surface area contributed by atoms with Gasteiger partial charge in [0.1, 0.15) is 17.4 Å². The molecule has 144 valence electrons. The molecular weight excluding hydrogens is 463 g/mol. The highest BCUT2D eigenvalue weighted by molar-refractivity contribution is 14.0. The average molecular weight is 490 g/mol. The van der Waals surface area contributed by atoms with Gasteiger partial charge in [-0.2, -0.15) is 16.9 Å². The second-order valence-electron chi connectivity index (χ2n) is 6.06. The van der Waals surface area contributed by atoms with Gasteiger partial charge in [-0.05, 0) is 38.2 Å². The number of halogens is 1. The Morgan fingerprint density at radius 1 is 1.50 bits per heavy atom. The van der Waals surface area contributed by atoms with Crippen molar-refractivity contribution in [2.24, 2.45) is 4.99 Å².